The molecule has 5 heteroatoms. The second-order valence-corrected chi connectivity index (χ2v) is 5.66. The molecule has 0 bridgehead atoms. The van der Waals surface area contributed by atoms with E-state index in [-0.39, 0.29) is 5.91 Å². The van der Waals surface area contributed by atoms with Gasteiger partial charge in [0.05, 0.1) is 24.6 Å². The molecule has 120 valence electrons. The summed E-state index contributed by atoms with van der Waals surface area (Å²) in [4.78, 5) is 18.8. The molecule has 5 nitrogen and oxygen atoms in total. The molecular formula is C18H21N3O2. The lowest BCUT2D eigenvalue weighted by Gasteiger charge is -2.17. The summed E-state index contributed by atoms with van der Waals surface area (Å²) < 4.78 is 5.13. The van der Waals surface area contributed by atoms with Crippen LogP contribution in [0.4, 0.5) is 5.69 Å². The molecule has 1 aliphatic rings. The summed E-state index contributed by atoms with van der Waals surface area (Å²) in [5.74, 6) is 0.706. The van der Waals surface area contributed by atoms with E-state index in [1.165, 1.54) is 12.8 Å². The first-order valence-electron chi connectivity index (χ1n) is 7.87. The van der Waals surface area contributed by atoms with Crippen molar-refractivity contribution >= 4 is 11.6 Å². The second-order valence-electron chi connectivity index (χ2n) is 5.66. The van der Waals surface area contributed by atoms with Crippen molar-refractivity contribution in [3.63, 3.8) is 0 Å². The fourth-order valence-corrected chi connectivity index (χ4v) is 2.73. The first kappa shape index (κ1) is 15.3. The molecule has 1 saturated heterocycles. The number of aromatic nitrogens is 1. The second kappa shape index (κ2) is 7.13. The van der Waals surface area contributed by atoms with Crippen LogP contribution < -0.4 is 15.0 Å². The van der Waals surface area contributed by atoms with Crippen molar-refractivity contribution in [2.24, 2.45) is 0 Å². The summed E-state index contributed by atoms with van der Waals surface area (Å²) in [5.41, 5.74) is 2.66. The van der Waals surface area contributed by atoms with Crippen molar-refractivity contribution < 1.29 is 9.53 Å². The Bertz CT molecular complexity index is 664. The van der Waals surface area contributed by atoms with Crippen LogP contribution in [0.2, 0.25) is 0 Å². The van der Waals surface area contributed by atoms with Crippen LogP contribution >= 0.6 is 0 Å². The molecule has 3 rings (SSSR count). The molecule has 0 aliphatic carbocycles. The highest BCUT2D eigenvalue weighted by Crippen LogP contribution is 2.20. The van der Waals surface area contributed by atoms with E-state index in [1.807, 2.05) is 36.5 Å². The van der Waals surface area contributed by atoms with E-state index in [0.29, 0.717) is 12.1 Å². The molecule has 1 aromatic heterocycles. The monoisotopic (exact) mass is 311 g/mol. The fraction of sp³-hybridized carbons (Fsp3) is 0.333. The molecule has 2 heterocycles. The van der Waals surface area contributed by atoms with Crippen molar-refractivity contribution in [1.29, 1.82) is 0 Å². The van der Waals surface area contributed by atoms with Crippen molar-refractivity contribution in [1.82, 2.24) is 10.3 Å². The van der Waals surface area contributed by atoms with Crippen molar-refractivity contribution in [3.8, 4) is 5.75 Å². The van der Waals surface area contributed by atoms with Crippen LogP contribution in [-0.2, 0) is 6.54 Å². The maximum Gasteiger partial charge on any atom is 0.253 e. The Labute approximate surface area is 136 Å². The van der Waals surface area contributed by atoms with Gasteiger partial charge in [-0.3, -0.25) is 9.78 Å². The Morgan fingerprint density at radius 2 is 1.96 bits per heavy atom. The third-order valence-corrected chi connectivity index (χ3v) is 4.07. The Morgan fingerprint density at radius 3 is 2.65 bits per heavy atom. The third kappa shape index (κ3) is 3.80. The van der Waals surface area contributed by atoms with Gasteiger partial charge < -0.3 is 15.0 Å². The van der Waals surface area contributed by atoms with Gasteiger partial charge in [0.25, 0.3) is 5.91 Å². The van der Waals surface area contributed by atoms with E-state index < -0.39 is 0 Å². The van der Waals surface area contributed by atoms with Gasteiger partial charge in [0.2, 0.25) is 0 Å². The molecule has 0 atom stereocenters. The largest absolute Gasteiger partial charge is 0.497 e. The van der Waals surface area contributed by atoms with Crippen LogP contribution in [0, 0.1) is 0 Å². The van der Waals surface area contributed by atoms with Gasteiger partial charge in [-0.15, -0.1) is 0 Å². The molecule has 2 aromatic rings. The van der Waals surface area contributed by atoms with Gasteiger partial charge in [-0.2, -0.15) is 0 Å². The maximum absolute atomic E-state index is 12.3. The normalized spacial score (nSPS) is 13.9. The van der Waals surface area contributed by atoms with Crippen molar-refractivity contribution in [2.75, 3.05) is 25.1 Å². The Kier molecular flexibility index (Phi) is 4.76. The zero-order valence-electron chi connectivity index (χ0n) is 13.3. The molecule has 1 fully saturated rings. The number of carbonyl (C=O) groups excluding carboxylic acids is 1. The molecule has 1 N–H and O–H groups in total. The smallest absolute Gasteiger partial charge is 0.253 e. The summed E-state index contributed by atoms with van der Waals surface area (Å²) in [6.07, 6.45) is 5.84. The van der Waals surface area contributed by atoms with E-state index in [2.05, 4.69) is 15.2 Å². The SMILES string of the molecule is COc1ccc(CNC(=O)c2cncc(N3CCCC3)c2)cc1. The third-order valence-electron chi connectivity index (χ3n) is 4.07. The number of pyridine rings is 1. The summed E-state index contributed by atoms with van der Waals surface area (Å²) in [7, 11) is 1.64. The van der Waals surface area contributed by atoms with Gasteiger partial charge in [0, 0.05) is 25.8 Å². The number of benzene rings is 1. The molecule has 1 aliphatic heterocycles. The maximum atomic E-state index is 12.3. The zero-order chi connectivity index (χ0) is 16.1. The zero-order valence-corrected chi connectivity index (χ0v) is 13.3. The summed E-state index contributed by atoms with van der Waals surface area (Å²) in [6, 6.07) is 9.58. The topological polar surface area (TPSA) is 54.5 Å². The van der Waals surface area contributed by atoms with Gasteiger partial charge in [-0.1, -0.05) is 12.1 Å². The summed E-state index contributed by atoms with van der Waals surface area (Å²) in [5, 5.41) is 2.93. The fourth-order valence-electron chi connectivity index (χ4n) is 2.73. The minimum absolute atomic E-state index is 0.102. The van der Waals surface area contributed by atoms with Crippen molar-refractivity contribution in [3.05, 3.63) is 53.9 Å². The van der Waals surface area contributed by atoms with Gasteiger partial charge in [0.15, 0.2) is 0 Å². The van der Waals surface area contributed by atoms with Gasteiger partial charge >= 0.3 is 0 Å². The lowest BCUT2D eigenvalue weighted by molar-refractivity contribution is 0.0950. The molecule has 0 radical (unpaired) electrons. The Balaban J connectivity index is 1.62. The number of anilines is 1. The lowest BCUT2D eigenvalue weighted by atomic mass is 10.2. The minimum atomic E-state index is -0.102. The van der Waals surface area contributed by atoms with E-state index in [1.54, 1.807) is 13.3 Å². The van der Waals surface area contributed by atoms with Gasteiger partial charge in [0.1, 0.15) is 5.75 Å². The summed E-state index contributed by atoms with van der Waals surface area (Å²) in [6.45, 7) is 2.56. The molecular weight excluding hydrogens is 290 g/mol. The van der Waals surface area contributed by atoms with E-state index in [4.69, 9.17) is 4.74 Å². The van der Waals surface area contributed by atoms with Crippen LogP contribution in [-0.4, -0.2) is 31.1 Å². The average molecular weight is 311 g/mol. The number of nitrogens with one attached hydrogen (secondary N) is 1. The predicted molar refractivity (Wildman–Crippen MR) is 89.8 cm³/mol. The minimum Gasteiger partial charge on any atom is -0.497 e. The van der Waals surface area contributed by atoms with Gasteiger partial charge in [-0.05, 0) is 36.6 Å². The number of nitrogens with zero attached hydrogens (tertiary/aromatic N) is 2. The number of hydrogen-bond acceptors (Lipinski definition) is 4. The number of carbonyl (C=O) groups is 1. The first-order chi connectivity index (χ1) is 11.3. The molecule has 0 unspecified atom stereocenters. The summed E-state index contributed by atoms with van der Waals surface area (Å²) >= 11 is 0. The highest BCUT2D eigenvalue weighted by molar-refractivity contribution is 5.94. The van der Waals surface area contributed by atoms with E-state index in [0.717, 1.165) is 30.1 Å². The number of amides is 1. The van der Waals surface area contributed by atoms with E-state index in [9.17, 15) is 4.79 Å². The van der Waals surface area contributed by atoms with Gasteiger partial charge in [-0.25, -0.2) is 0 Å². The van der Waals surface area contributed by atoms with Crippen LogP contribution in [0.5, 0.6) is 5.75 Å². The quantitative estimate of drug-likeness (QED) is 0.922. The highest BCUT2D eigenvalue weighted by Gasteiger charge is 2.14. The lowest BCUT2D eigenvalue weighted by Crippen LogP contribution is -2.24. The number of hydrogen-bond donors (Lipinski definition) is 1. The van der Waals surface area contributed by atoms with Crippen LogP contribution in [0.3, 0.4) is 0 Å². The number of rotatable bonds is 5. The van der Waals surface area contributed by atoms with E-state index >= 15 is 0 Å². The first-order valence-corrected chi connectivity index (χ1v) is 7.87. The molecule has 1 aromatic carbocycles. The predicted octanol–water partition coefficient (Wildman–Crippen LogP) is 2.62. The molecule has 0 saturated carbocycles. The van der Waals surface area contributed by atoms with Crippen LogP contribution in [0.15, 0.2) is 42.7 Å². The van der Waals surface area contributed by atoms with Crippen LogP contribution in [0.1, 0.15) is 28.8 Å². The van der Waals surface area contributed by atoms with Crippen LogP contribution in [0.25, 0.3) is 0 Å². The average Bonchev–Trinajstić information content (AvgIpc) is 3.15. The number of methoxy groups -OCH3 is 1. The Hall–Kier alpha value is -2.56. The highest BCUT2D eigenvalue weighted by atomic mass is 16.5. The number of ether oxygens (including phenoxy) is 1. The molecule has 0 spiro atoms. The van der Waals surface area contributed by atoms with Crippen molar-refractivity contribution in [2.45, 2.75) is 19.4 Å². The molecule has 23 heavy (non-hydrogen) atoms. The Morgan fingerprint density at radius 1 is 1.22 bits per heavy atom. The standard InChI is InChI=1S/C18H21N3O2/c1-23-17-6-4-14(5-7-17)11-20-18(22)15-10-16(13-19-12-15)21-8-2-3-9-21/h4-7,10,12-13H,2-3,8-9,11H2,1H3,(H,20,22). The molecule has 1 amide bonds.